The van der Waals surface area contributed by atoms with Gasteiger partial charge in [0.2, 0.25) is 5.91 Å². The summed E-state index contributed by atoms with van der Waals surface area (Å²) in [5.74, 6) is -0.469. The van der Waals surface area contributed by atoms with E-state index in [2.05, 4.69) is 0 Å². The molecule has 36 heavy (non-hydrogen) atoms. The van der Waals surface area contributed by atoms with Crippen LogP contribution in [0, 0.1) is 26.7 Å². The molecule has 1 aliphatic rings. The van der Waals surface area contributed by atoms with Gasteiger partial charge in [0.15, 0.2) is 0 Å². The van der Waals surface area contributed by atoms with Gasteiger partial charge in [-0.15, -0.1) is 0 Å². The quantitative estimate of drug-likeness (QED) is 0.379. The van der Waals surface area contributed by atoms with Crippen molar-refractivity contribution in [3.05, 3.63) is 69.3 Å². The van der Waals surface area contributed by atoms with E-state index in [-0.39, 0.29) is 18.7 Å². The van der Waals surface area contributed by atoms with Crippen LogP contribution in [-0.2, 0) is 16.0 Å². The SMILES string of the molecule is Cc1oc2c(C)c3oc(=O)c(CCC(=O)N4CCC(C(=O)O)CC4)c(C)c3cc2c1-c1ccccc1. The van der Waals surface area contributed by atoms with Crippen molar-refractivity contribution in [3.8, 4) is 11.1 Å². The summed E-state index contributed by atoms with van der Waals surface area (Å²) in [5, 5.41) is 11.0. The molecule has 0 aliphatic carbocycles. The molecule has 0 spiro atoms. The number of carboxylic acids is 1. The smallest absolute Gasteiger partial charge is 0.339 e. The second-order valence-corrected chi connectivity index (χ2v) is 9.64. The molecule has 1 aliphatic heterocycles. The van der Waals surface area contributed by atoms with Gasteiger partial charge in [-0.05, 0) is 57.2 Å². The Labute approximate surface area is 208 Å². The minimum atomic E-state index is -0.806. The number of carbonyl (C=O) groups excluding carboxylic acids is 1. The summed E-state index contributed by atoms with van der Waals surface area (Å²) in [6.07, 6.45) is 1.37. The first-order chi connectivity index (χ1) is 17.3. The molecule has 1 saturated heterocycles. The highest BCUT2D eigenvalue weighted by atomic mass is 16.4. The Bertz CT molecular complexity index is 1540. The number of hydrogen-bond donors (Lipinski definition) is 1. The maximum atomic E-state index is 13.0. The number of rotatable bonds is 5. The average Bonchev–Trinajstić information content (AvgIpc) is 3.21. The number of carboxylic acid groups (broad SMARTS) is 1. The van der Waals surface area contributed by atoms with Gasteiger partial charge < -0.3 is 18.8 Å². The monoisotopic (exact) mass is 487 g/mol. The zero-order valence-electron chi connectivity index (χ0n) is 20.7. The van der Waals surface area contributed by atoms with E-state index < -0.39 is 17.5 Å². The highest BCUT2D eigenvalue weighted by Crippen LogP contribution is 2.39. The molecule has 0 radical (unpaired) electrons. The Morgan fingerprint density at radius 3 is 2.31 bits per heavy atom. The molecule has 1 fully saturated rings. The van der Waals surface area contributed by atoms with Crippen LogP contribution < -0.4 is 5.63 Å². The second-order valence-electron chi connectivity index (χ2n) is 9.64. The van der Waals surface area contributed by atoms with E-state index in [1.54, 1.807) is 4.90 Å². The topological polar surface area (TPSA) is 101 Å². The Hall–Kier alpha value is -3.87. The molecule has 7 heteroatoms. The molecule has 4 aromatic rings. The maximum absolute atomic E-state index is 13.0. The van der Waals surface area contributed by atoms with Crippen LogP contribution in [0.3, 0.4) is 0 Å². The van der Waals surface area contributed by atoms with Gasteiger partial charge in [-0.3, -0.25) is 9.59 Å². The van der Waals surface area contributed by atoms with Gasteiger partial charge in [-0.1, -0.05) is 30.3 Å². The fourth-order valence-corrected chi connectivity index (χ4v) is 5.39. The van der Waals surface area contributed by atoms with E-state index in [0.29, 0.717) is 42.7 Å². The number of amides is 1. The van der Waals surface area contributed by atoms with E-state index in [4.69, 9.17) is 8.83 Å². The summed E-state index contributed by atoms with van der Waals surface area (Å²) in [5.41, 5.74) is 4.92. The van der Waals surface area contributed by atoms with Gasteiger partial charge in [0, 0.05) is 47.0 Å². The second kappa shape index (κ2) is 9.30. The van der Waals surface area contributed by atoms with Crippen molar-refractivity contribution in [3.63, 3.8) is 0 Å². The number of furan rings is 1. The molecule has 5 rings (SSSR count). The van der Waals surface area contributed by atoms with Gasteiger partial charge >= 0.3 is 11.6 Å². The van der Waals surface area contributed by atoms with Crippen molar-refractivity contribution < 1.29 is 23.5 Å². The van der Waals surface area contributed by atoms with E-state index in [0.717, 1.165) is 38.8 Å². The van der Waals surface area contributed by atoms with Gasteiger partial charge in [-0.25, -0.2) is 4.79 Å². The Morgan fingerprint density at radius 2 is 1.64 bits per heavy atom. The van der Waals surface area contributed by atoms with E-state index >= 15 is 0 Å². The summed E-state index contributed by atoms with van der Waals surface area (Å²) in [6, 6.07) is 12.1. The summed E-state index contributed by atoms with van der Waals surface area (Å²) in [4.78, 5) is 38.6. The number of nitrogens with zero attached hydrogens (tertiary/aromatic N) is 1. The van der Waals surface area contributed by atoms with Gasteiger partial charge in [-0.2, -0.15) is 0 Å². The van der Waals surface area contributed by atoms with Crippen LogP contribution in [0.5, 0.6) is 0 Å². The van der Waals surface area contributed by atoms with Crippen LogP contribution in [0.25, 0.3) is 33.1 Å². The average molecular weight is 488 g/mol. The van der Waals surface area contributed by atoms with E-state index in [1.807, 2.05) is 57.2 Å². The number of fused-ring (bicyclic) bond motifs is 2. The van der Waals surface area contributed by atoms with Crippen LogP contribution >= 0.6 is 0 Å². The van der Waals surface area contributed by atoms with Crippen molar-refractivity contribution in [1.82, 2.24) is 4.90 Å². The van der Waals surface area contributed by atoms with Gasteiger partial charge in [0.25, 0.3) is 0 Å². The Morgan fingerprint density at radius 1 is 0.972 bits per heavy atom. The standard InChI is InChI=1S/C29H29NO6/c1-16-21(9-10-24(31)30-13-11-20(12-14-30)28(32)33)29(34)36-26-17(2)27-23(15-22(16)26)25(18(3)35-27)19-7-5-4-6-8-19/h4-8,15,20H,9-14H2,1-3H3,(H,32,33). The Kier molecular flexibility index (Phi) is 6.16. The first-order valence-corrected chi connectivity index (χ1v) is 12.3. The molecule has 7 nitrogen and oxygen atoms in total. The van der Waals surface area contributed by atoms with Crippen LogP contribution in [-0.4, -0.2) is 35.0 Å². The molecule has 1 amide bonds. The highest BCUT2D eigenvalue weighted by Gasteiger charge is 2.27. The third kappa shape index (κ3) is 4.08. The molecular formula is C29H29NO6. The molecule has 0 saturated carbocycles. The predicted molar refractivity (Wildman–Crippen MR) is 137 cm³/mol. The highest BCUT2D eigenvalue weighted by molar-refractivity contribution is 6.05. The van der Waals surface area contributed by atoms with E-state index in [9.17, 15) is 19.5 Å². The molecule has 1 N–H and O–H groups in total. The summed E-state index contributed by atoms with van der Waals surface area (Å²) < 4.78 is 11.9. The van der Waals surface area contributed by atoms with Crippen molar-refractivity contribution >= 4 is 33.8 Å². The number of hydrogen-bond acceptors (Lipinski definition) is 5. The lowest BCUT2D eigenvalue weighted by molar-refractivity contribution is -0.145. The lowest BCUT2D eigenvalue weighted by Gasteiger charge is -2.30. The van der Waals surface area contributed by atoms with Crippen molar-refractivity contribution in [2.24, 2.45) is 5.92 Å². The number of piperidine rings is 1. The van der Waals surface area contributed by atoms with Crippen molar-refractivity contribution in [2.75, 3.05) is 13.1 Å². The van der Waals surface area contributed by atoms with E-state index in [1.165, 1.54) is 0 Å². The fraction of sp³-hybridized carbons (Fsp3) is 0.345. The van der Waals surface area contributed by atoms with Gasteiger partial charge in [0.1, 0.15) is 16.9 Å². The minimum Gasteiger partial charge on any atom is -0.481 e. The summed E-state index contributed by atoms with van der Waals surface area (Å²) in [6.45, 7) is 6.60. The number of aliphatic carboxylic acids is 1. The molecule has 0 bridgehead atoms. The third-order valence-corrected chi connectivity index (χ3v) is 7.48. The largest absolute Gasteiger partial charge is 0.481 e. The fourth-order valence-electron chi connectivity index (χ4n) is 5.39. The first-order valence-electron chi connectivity index (χ1n) is 12.3. The molecule has 2 aromatic heterocycles. The number of aryl methyl sites for hydroxylation is 3. The molecule has 0 unspecified atom stereocenters. The summed E-state index contributed by atoms with van der Waals surface area (Å²) in [7, 11) is 0. The summed E-state index contributed by atoms with van der Waals surface area (Å²) >= 11 is 0. The normalized spacial score (nSPS) is 14.6. The maximum Gasteiger partial charge on any atom is 0.339 e. The lowest BCUT2D eigenvalue weighted by atomic mass is 9.95. The van der Waals surface area contributed by atoms with Crippen LogP contribution in [0.2, 0.25) is 0 Å². The van der Waals surface area contributed by atoms with Crippen LogP contribution in [0.4, 0.5) is 0 Å². The zero-order valence-corrected chi connectivity index (χ0v) is 20.7. The van der Waals surface area contributed by atoms with Crippen LogP contribution in [0.1, 0.15) is 41.7 Å². The minimum absolute atomic E-state index is 0.0683. The molecule has 3 heterocycles. The van der Waals surface area contributed by atoms with Crippen molar-refractivity contribution in [1.29, 1.82) is 0 Å². The van der Waals surface area contributed by atoms with Crippen molar-refractivity contribution in [2.45, 2.75) is 46.5 Å². The lowest BCUT2D eigenvalue weighted by Crippen LogP contribution is -2.40. The third-order valence-electron chi connectivity index (χ3n) is 7.48. The molecule has 186 valence electrons. The van der Waals surface area contributed by atoms with Gasteiger partial charge in [0.05, 0.1) is 5.92 Å². The number of likely N-dealkylation sites (tertiary alicyclic amines) is 1. The van der Waals surface area contributed by atoms with Crippen LogP contribution in [0.15, 0.2) is 50.0 Å². The number of benzene rings is 2. The molecular weight excluding hydrogens is 458 g/mol. The predicted octanol–water partition coefficient (Wildman–Crippen LogP) is 5.39. The molecule has 2 aromatic carbocycles. The number of carbonyl (C=O) groups is 2. The zero-order chi connectivity index (χ0) is 25.6. The Balaban J connectivity index is 1.48. The molecule has 0 atom stereocenters. The first kappa shape index (κ1) is 23.9.